The van der Waals surface area contributed by atoms with Crippen LogP contribution >= 0.6 is 0 Å². The first-order valence-electron chi connectivity index (χ1n) is 6.29. The summed E-state index contributed by atoms with van der Waals surface area (Å²) in [5.41, 5.74) is 1.40. The number of hydrogen-bond acceptors (Lipinski definition) is 1. The quantitative estimate of drug-likeness (QED) is 0.555. The molecule has 0 aromatic heterocycles. The lowest BCUT2D eigenvalue weighted by molar-refractivity contribution is 0.294. The van der Waals surface area contributed by atoms with Crippen LogP contribution in [0.25, 0.3) is 0 Å². The molecule has 2 rings (SSSR count). The standard InChI is InChI=1S/C15H22O/c1-4-13(16)9-15-12-6-5-11(8-12)14(15)7-10(2)3/h4-7,11-12,14-16H,8-9H2,1-3H3. The van der Waals surface area contributed by atoms with E-state index in [4.69, 9.17) is 0 Å². The van der Waals surface area contributed by atoms with Gasteiger partial charge >= 0.3 is 0 Å². The molecule has 1 heteroatoms. The van der Waals surface area contributed by atoms with Crippen LogP contribution in [0.3, 0.4) is 0 Å². The van der Waals surface area contributed by atoms with Gasteiger partial charge in [-0.1, -0.05) is 23.8 Å². The smallest absolute Gasteiger partial charge is 0.0883 e. The van der Waals surface area contributed by atoms with Crippen molar-refractivity contribution in [2.24, 2.45) is 23.7 Å². The molecule has 0 radical (unpaired) electrons. The molecule has 16 heavy (non-hydrogen) atoms. The van der Waals surface area contributed by atoms with Crippen molar-refractivity contribution in [3.63, 3.8) is 0 Å². The zero-order valence-electron chi connectivity index (χ0n) is 10.5. The normalized spacial score (nSPS) is 36.8. The Bertz CT molecular complexity index is 344. The van der Waals surface area contributed by atoms with Crippen molar-refractivity contribution in [2.75, 3.05) is 0 Å². The van der Waals surface area contributed by atoms with Gasteiger partial charge in [-0.05, 0) is 56.9 Å². The molecule has 4 atom stereocenters. The summed E-state index contributed by atoms with van der Waals surface area (Å²) in [6, 6.07) is 0. The lowest BCUT2D eigenvalue weighted by Gasteiger charge is -2.25. The van der Waals surface area contributed by atoms with E-state index in [-0.39, 0.29) is 0 Å². The van der Waals surface area contributed by atoms with Gasteiger partial charge in [0.1, 0.15) is 0 Å². The number of rotatable bonds is 3. The van der Waals surface area contributed by atoms with Crippen molar-refractivity contribution in [2.45, 2.75) is 33.6 Å². The van der Waals surface area contributed by atoms with Crippen LogP contribution < -0.4 is 0 Å². The molecule has 2 bridgehead atoms. The fourth-order valence-electron chi connectivity index (χ4n) is 3.24. The third-order valence-corrected chi connectivity index (χ3v) is 3.99. The number of fused-ring (bicyclic) bond motifs is 2. The Kier molecular flexibility index (Phi) is 3.22. The first kappa shape index (κ1) is 11.5. The van der Waals surface area contributed by atoms with Gasteiger partial charge in [-0.2, -0.15) is 0 Å². The molecule has 2 aliphatic rings. The van der Waals surface area contributed by atoms with Crippen LogP contribution in [0, 0.1) is 23.7 Å². The predicted molar refractivity (Wildman–Crippen MR) is 68.2 cm³/mol. The second-order valence-electron chi connectivity index (χ2n) is 5.42. The van der Waals surface area contributed by atoms with Gasteiger partial charge in [-0.15, -0.1) is 0 Å². The SMILES string of the molecule is CC=C(O)CC1C2C=CC(C2)C1C=C(C)C. The molecule has 0 amide bonds. The van der Waals surface area contributed by atoms with E-state index in [9.17, 15) is 5.11 Å². The van der Waals surface area contributed by atoms with Crippen molar-refractivity contribution in [1.29, 1.82) is 0 Å². The fourth-order valence-corrected chi connectivity index (χ4v) is 3.24. The van der Waals surface area contributed by atoms with E-state index < -0.39 is 0 Å². The highest BCUT2D eigenvalue weighted by atomic mass is 16.3. The molecule has 1 fully saturated rings. The van der Waals surface area contributed by atoms with Crippen LogP contribution in [0.1, 0.15) is 33.6 Å². The van der Waals surface area contributed by atoms with E-state index in [1.807, 2.05) is 13.0 Å². The summed E-state index contributed by atoms with van der Waals surface area (Å²) >= 11 is 0. The monoisotopic (exact) mass is 218 g/mol. The number of aliphatic hydroxyl groups excluding tert-OH is 1. The zero-order chi connectivity index (χ0) is 11.7. The predicted octanol–water partition coefficient (Wildman–Crippen LogP) is 4.24. The van der Waals surface area contributed by atoms with Crippen LogP contribution in [0.4, 0.5) is 0 Å². The third-order valence-electron chi connectivity index (χ3n) is 3.99. The van der Waals surface area contributed by atoms with Crippen molar-refractivity contribution < 1.29 is 5.11 Å². The highest BCUT2D eigenvalue weighted by molar-refractivity contribution is 5.20. The van der Waals surface area contributed by atoms with Gasteiger partial charge in [0, 0.05) is 6.42 Å². The first-order valence-corrected chi connectivity index (χ1v) is 6.29. The van der Waals surface area contributed by atoms with Crippen molar-refractivity contribution in [3.8, 4) is 0 Å². The van der Waals surface area contributed by atoms with Crippen molar-refractivity contribution in [3.05, 3.63) is 35.6 Å². The topological polar surface area (TPSA) is 20.2 Å². The number of allylic oxidation sites excluding steroid dienone is 6. The van der Waals surface area contributed by atoms with E-state index in [0.29, 0.717) is 23.5 Å². The molecule has 1 nitrogen and oxygen atoms in total. The molecule has 0 heterocycles. The van der Waals surface area contributed by atoms with Gasteiger partial charge < -0.3 is 5.11 Å². The van der Waals surface area contributed by atoms with E-state index in [1.165, 1.54) is 12.0 Å². The van der Waals surface area contributed by atoms with Gasteiger partial charge in [0.05, 0.1) is 5.76 Å². The van der Waals surface area contributed by atoms with Crippen molar-refractivity contribution in [1.82, 2.24) is 0 Å². The minimum atomic E-state index is 0.554. The Balaban J connectivity index is 2.16. The van der Waals surface area contributed by atoms with Crippen LogP contribution in [-0.4, -0.2) is 5.11 Å². The Morgan fingerprint density at radius 2 is 2.00 bits per heavy atom. The zero-order valence-corrected chi connectivity index (χ0v) is 10.5. The highest BCUT2D eigenvalue weighted by Crippen LogP contribution is 2.50. The minimum Gasteiger partial charge on any atom is -0.513 e. The Hall–Kier alpha value is -0.980. The maximum absolute atomic E-state index is 9.71. The van der Waals surface area contributed by atoms with Gasteiger partial charge in [-0.25, -0.2) is 0 Å². The van der Waals surface area contributed by atoms with Gasteiger partial charge in [0.25, 0.3) is 0 Å². The number of aliphatic hydroxyl groups is 1. The molecule has 0 aliphatic heterocycles. The fraction of sp³-hybridized carbons (Fsp3) is 0.600. The molecule has 4 unspecified atom stereocenters. The Morgan fingerprint density at radius 1 is 1.31 bits per heavy atom. The second kappa shape index (κ2) is 4.48. The molecule has 0 saturated heterocycles. The molecule has 1 N–H and O–H groups in total. The molecule has 88 valence electrons. The number of hydrogen-bond donors (Lipinski definition) is 1. The summed E-state index contributed by atoms with van der Waals surface area (Å²) in [4.78, 5) is 0. The lowest BCUT2D eigenvalue weighted by Crippen LogP contribution is -2.18. The maximum atomic E-state index is 9.71. The molecule has 2 aliphatic carbocycles. The first-order chi connectivity index (χ1) is 7.61. The molecule has 1 saturated carbocycles. The van der Waals surface area contributed by atoms with Crippen LogP contribution in [-0.2, 0) is 0 Å². The van der Waals surface area contributed by atoms with E-state index in [0.717, 1.165) is 12.3 Å². The van der Waals surface area contributed by atoms with Crippen molar-refractivity contribution >= 4 is 0 Å². The minimum absolute atomic E-state index is 0.554. The summed E-state index contributed by atoms with van der Waals surface area (Å²) < 4.78 is 0. The van der Waals surface area contributed by atoms with Crippen LogP contribution in [0.5, 0.6) is 0 Å². The summed E-state index contributed by atoms with van der Waals surface area (Å²) in [6.07, 6.45) is 11.1. The molecule has 0 spiro atoms. The molecule has 0 aromatic carbocycles. The molecular weight excluding hydrogens is 196 g/mol. The van der Waals surface area contributed by atoms with Gasteiger partial charge in [0.15, 0.2) is 0 Å². The molecular formula is C15H22O. The average Bonchev–Trinajstić information content (AvgIpc) is 2.80. The van der Waals surface area contributed by atoms with Gasteiger partial charge in [-0.3, -0.25) is 0 Å². The maximum Gasteiger partial charge on any atom is 0.0883 e. The Morgan fingerprint density at radius 3 is 2.62 bits per heavy atom. The summed E-state index contributed by atoms with van der Waals surface area (Å²) in [6.45, 7) is 6.25. The van der Waals surface area contributed by atoms with Gasteiger partial charge in [0.2, 0.25) is 0 Å². The largest absolute Gasteiger partial charge is 0.513 e. The summed E-state index contributed by atoms with van der Waals surface area (Å²) in [5.74, 6) is 3.21. The highest BCUT2D eigenvalue weighted by Gasteiger charge is 2.43. The van der Waals surface area contributed by atoms with Crippen LogP contribution in [0.2, 0.25) is 0 Å². The summed E-state index contributed by atoms with van der Waals surface area (Å²) in [5, 5.41) is 9.71. The lowest BCUT2D eigenvalue weighted by atomic mass is 9.79. The second-order valence-corrected chi connectivity index (χ2v) is 5.42. The van der Waals surface area contributed by atoms with E-state index >= 15 is 0 Å². The Labute approximate surface area is 98.6 Å². The third kappa shape index (κ3) is 2.09. The average molecular weight is 218 g/mol. The van der Waals surface area contributed by atoms with Crippen LogP contribution in [0.15, 0.2) is 35.6 Å². The van der Waals surface area contributed by atoms with E-state index in [2.05, 4.69) is 32.1 Å². The summed E-state index contributed by atoms with van der Waals surface area (Å²) in [7, 11) is 0. The molecule has 0 aromatic rings. The van der Waals surface area contributed by atoms with E-state index in [1.54, 1.807) is 0 Å².